The largest absolute Gasteiger partial charge is 0.506 e. The van der Waals surface area contributed by atoms with Crippen LogP contribution >= 0.6 is 31.9 Å². The van der Waals surface area contributed by atoms with Crippen LogP contribution in [0.5, 0.6) is 5.75 Å². The fourth-order valence-corrected chi connectivity index (χ4v) is 3.99. The number of phenolic OH excluding ortho intramolecular Hbond substituents is 1. The molecular weight excluding hydrogens is 488 g/mol. The summed E-state index contributed by atoms with van der Waals surface area (Å²) in [6.45, 7) is 4.54. The van der Waals surface area contributed by atoms with Gasteiger partial charge in [0, 0.05) is 21.3 Å². The molecule has 0 bridgehead atoms. The zero-order chi connectivity index (χ0) is 20.3. The van der Waals surface area contributed by atoms with Crippen LogP contribution in [-0.2, 0) is 6.54 Å². The molecule has 3 rings (SSSR count). The highest BCUT2D eigenvalue weighted by atomic mass is 79.9. The van der Waals surface area contributed by atoms with Gasteiger partial charge in [-0.05, 0) is 65.7 Å². The summed E-state index contributed by atoms with van der Waals surface area (Å²) in [5.74, 6) is -0.284. The summed E-state index contributed by atoms with van der Waals surface area (Å²) in [5, 5.41) is 18.4. The maximum Gasteiger partial charge on any atom is 0.271 e. The maximum atomic E-state index is 12.4. The summed E-state index contributed by atoms with van der Waals surface area (Å²) in [7, 11) is 0. The number of nitrogens with zero attached hydrogens (tertiary/aromatic N) is 3. The molecule has 0 unspecified atom stereocenters. The predicted octanol–water partition coefficient (Wildman–Crippen LogP) is 4.54. The summed E-state index contributed by atoms with van der Waals surface area (Å²) in [6.07, 6.45) is 1.39. The first-order valence-corrected chi connectivity index (χ1v) is 10.0. The molecular formula is C20H18Br2N4O2. The minimum absolute atomic E-state index is 0.0492. The lowest BCUT2D eigenvalue weighted by molar-refractivity contribution is 0.0955. The zero-order valence-corrected chi connectivity index (χ0v) is 18.5. The SMILES string of the molecule is Cc1cc(C)n(Cc2cccc(C(=O)N/N=C/c3cc(Br)cc(Br)c3O)c2)n1. The van der Waals surface area contributed by atoms with E-state index < -0.39 is 0 Å². The van der Waals surface area contributed by atoms with Crippen molar-refractivity contribution in [2.24, 2.45) is 5.10 Å². The third-order valence-corrected chi connectivity index (χ3v) is 5.11. The minimum atomic E-state index is -0.333. The van der Waals surface area contributed by atoms with Crippen molar-refractivity contribution in [1.82, 2.24) is 15.2 Å². The van der Waals surface area contributed by atoms with Gasteiger partial charge in [0.2, 0.25) is 0 Å². The highest BCUT2D eigenvalue weighted by Gasteiger charge is 2.08. The van der Waals surface area contributed by atoms with Crippen LogP contribution in [-0.4, -0.2) is 27.0 Å². The van der Waals surface area contributed by atoms with Gasteiger partial charge in [-0.2, -0.15) is 10.2 Å². The van der Waals surface area contributed by atoms with Gasteiger partial charge in [0.1, 0.15) is 5.75 Å². The lowest BCUT2D eigenvalue weighted by Crippen LogP contribution is -2.18. The molecule has 2 N–H and O–H groups in total. The van der Waals surface area contributed by atoms with Gasteiger partial charge in [0.05, 0.1) is 22.9 Å². The highest BCUT2D eigenvalue weighted by Crippen LogP contribution is 2.30. The van der Waals surface area contributed by atoms with E-state index >= 15 is 0 Å². The van der Waals surface area contributed by atoms with Crippen molar-refractivity contribution in [2.75, 3.05) is 0 Å². The number of aryl methyl sites for hydroxylation is 2. The fraction of sp³-hybridized carbons (Fsp3) is 0.150. The first-order chi connectivity index (χ1) is 13.3. The molecule has 0 saturated heterocycles. The summed E-state index contributed by atoms with van der Waals surface area (Å²) >= 11 is 6.61. The Morgan fingerprint density at radius 3 is 2.75 bits per heavy atom. The fourth-order valence-electron chi connectivity index (χ4n) is 2.73. The van der Waals surface area contributed by atoms with Crippen LogP contribution in [0.25, 0.3) is 0 Å². The number of aromatic nitrogens is 2. The Hall–Kier alpha value is -2.45. The quantitative estimate of drug-likeness (QED) is 0.394. The summed E-state index contributed by atoms with van der Waals surface area (Å²) in [6, 6.07) is 12.8. The van der Waals surface area contributed by atoms with Crippen LogP contribution in [0.3, 0.4) is 0 Å². The number of hydrazone groups is 1. The van der Waals surface area contributed by atoms with E-state index in [1.165, 1.54) is 6.21 Å². The lowest BCUT2D eigenvalue weighted by atomic mass is 10.1. The Morgan fingerprint density at radius 1 is 1.25 bits per heavy atom. The van der Waals surface area contributed by atoms with E-state index in [0.29, 0.717) is 22.1 Å². The Labute approximate surface area is 179 Å². The second-order valence-electron chi connectivity index (χ2n) is 6.31. The molecule has 8 heteroatoms. The smallest absolute Gasteiger partial charge is 0.271 e. The number of benzene rings is 2. The molecule has 0 aliphatic carbocycles. The van der Waals surface area contributed by atoms with Gasteiger partial charge in [0.15, 0.2) is 0 Å². The summed E-state index contributed by atoms with van der Waals surface area (Å²) in [4.78, 5) is 12.4. The number of rotatable bonds is 5. The molecule has 28 heavy (non-hydrogen) atoms. The number of carbonyl (C=O) groups excluding carboxylic acids is 1. The molecule has 0 atom stereocenters. The van der Waals surface area contributed by atoms with Gasteiger partial charge in [-0.15, -0.1) is 0 Å². The second-order valence-corrected chi connectivity index (χ2v) is 8.08. The molecule has 2 aromatic carbocycles. The van der Waals surface area contributed by atoms with E-state index in [4.69, 9.17) is 0 Å². The van der Waals surface area contributed by atoms with Crippen LogP contribution in [0, 0.1) is 13.8 Å². The minimum Gasteiger partial charge on any atom is -0.506 e. The van der Waals surface area contributed by atoms with Crippen LogP contribution in [0.1, 0.15) is 32.9 Å². The predicted molar refractivity (Wildman–Crippen MR) is 116 cm³/mol. The third kappa shape index (κ3) is 4.88. The van der Waals surface area contributed by atoms with Crippen LogP contribution in [0.15, 0.2) is 56.5 Å². The van der Waals surface area contributed by atoms with Gasteiger partial charge >= 0.3 is 0 Å². The number of aromatic hydroxyl groups is 1. The van der Waals surface area contributed by atoms with E-state index in [-0.39, 0.29) is 11.7 Å². The molecule has 0 aliphatic heterocycles. The molecule has 144 valence electrons. The van der Waals surface area contributed by atoms with Crippen molar-refractivity contribution in [3.63, 3.8) is 0 Å². The lowest BCUT2D eigenvalue weighted by Gasteiger charge is -2.07. The van der Waals surface area contributed by atoms with Crippen molar-refractivity contribution in [1.29, 1.82) is 0 Å². The Morgan fingerprint density at radius 2 is 2.04 bits per heavy atom. The van der Waals surface area contributed by atoms with Crippen molar-refractivity contribution in [3.05, 3.63) is 79.5 Å². The average molecular weight is 506 g/mol. The van der Waals surface area contributed by atoms with Gasteiger partial charge in [-0.1, -0.05) is 28.1 Å². The zero-order valence-electron chi connectivity index (χ0n) is 15.3. The molecule has 3 aromatic rings. The Bertz CT molecular complexity index is 1060. The first kappa shape index (κ1) is 20.3. The summed E-state index contributed by atoms with van der Waals surface area (Å²) in [5.41, 5.74) is 6.45. The second kappa shape index (κ2) is 8.70. The van der Waals surface area contributed by atoms with Crippen molar-refractivity contribution in [2.45, 2.75) is 20.4 Å². The number of phenols is 1. The van der Waals surface area contributed by atoms with Crippen molar-refractivity contribution in [3.8, 4) is 5.75 Å². The summed E-state index contributed by atoms with van der Waals surface area (Å²) < 4.78 is 3.21. The van der Waals surface area contributed by atoms with E-state index in [2.05, 4.69) is 47.5 Å². The van der Waals surface area contributed by atoms with Gasteiger partial charge in [-0.3, -0.25) is 9.48 Å². The molecule has 6 nitrogen and oxygen atoms in total. The number of nitrogens with one attached hydrogen (secondary N) is 1. The topological polar surface area (TPSA) is 79.5 Å². The Kier molecular flexibility index (Phi) is 6.31. The number of hydrogen-bond donors (Lipinski definition) is 2. The van der Waals surface area contributed by atoms with Crippen molar-refractivity contribution >= 4 is 44.0 Å². The normalized spacial score (nSPS) is 11.1. The van der Waals surface area contributed by atoms with Crippen LogP contribution in [0.2, 0.25) is 0 Å². The molecule has 0 aliphatic rings. The highest BCUT2D eigenvalue weighted by molar-refractivity contribution is 9.11. The number of amides is 1. The first-order valence-electron chi connectivity index (χ1n) is 8.45. The monoisotopic (exact) mass is 504 g/mol. The molecule has 0 fully saturated rings. The maximum absolute atomic E-state index is 12.4. The molecule has 1 aromatic heterocycles. The van der Waals surface area contributed by atoms with Crippen LogP contribution in [0.4, 0.5) is 0 Å². The number of halogens is 2. The molecule has 1 amide bonds. The van der Waals surface area contributed by atoms with E-state index in [1.54, 1.807) is 18.2 Å². The van der Waals surface area contributed by atoms with Gasteiger partial charge < -0.3 is 5.11 Å². The molecule has 1 heterocycles. The molecule has 0 spiro atoms. The molecule has 0 radical (unpaired) electrons. The van der Waals surface area contributed by atoms with Crippen molar-refractivity contribution < 1.29 is 9.90 Å². The Balaban J connectivity index is 1.70. The van der Waals surface area contributed by atoms with Gasteiger partial charge in [-0.25, -0.2) is 5.43 Å². The standard InChI is InChI=1S/C20H18Br2N4O2/c1-12-6-13(2)26(25-12)11-14-4-3-5-15(7-14)20(28)24-23-10-16-8-17(21)9-18(22)19(16)27/h3-10,27H,11H2,1-2H3,(H,24,28)/b23-10+. The molecule has 0 saturated carbocycles. The average Bonchev–Trinajstić information content (AvgIpc) is 2.96. The number of carbonyl (C=O) groups is 1. The van der Waals surface area contributed by atoms with Crippen LogP contribution < -0.4 is 5.43 Å². The number of hydrogen-bond acceptors (Lipinski definition) is 4. The van der Waals surface area contributed by atoms with E-state index in [0.717, 1.165) is 21.4 Å². The third-order valence-electron chi connectivity index (χ3n) is 4.05. The van der Waals surface area contributed by atoms with E-state index in [9.17, 15) is 9.90 Å². The van der Waals surface area contributed by atoms with Gasteiger partial charge in [0.25, 0.3) is 5.91 Å². The van der Waals surface area contributed by atoms with E-state index in [1.807, 2.05) is 42.8 Å².